The SMILES string of the molecule is O=C(CCCC(=O)NC[C@H](NC(=O)c1ccc(-c2ccccc2)cc1)C(=O)NO)NC[C@H](NC(=O)c1ccc(-c2ccccc2)cc1)C(=O)NO. The quantitative estimate of drug-likeness (QED) is 0.0642. The van der Waals surface area contributed by atoms with Crippen LogP contribution in [0.4, 0.5) is 0 Å². The third kappa shape index (κ3) is 11.3. The maximum Gasteiger partial charge on any atom is 0.267 e. The van der Waals surface area contributed by atoms with Gasteiger partial charge in [-0.1, -0.05) is 84.9 Å². The Bertz CT molecular complexity index is 1670. The molecule has 14 heteroatoms. The van der Waals surface area contributed by atoms with E-state index in [1.165, 1.54) is 11.0 Å². The van der Waals surface area contributed by atoms with Crippen molar-refractivity contribution in [2.24, 2.45) is 0 Å². The first kappa shape index (κ1) is 37.4. The van der Waals surface area contributed by atoms with Gasteiger partial charge in [-0.15, -0.1) is 0 Å². The second-order valence-electron chi connectivity index (χ2n) is 11.4. The molecule has 4 aromatic carbocycles. The summed E-state index contributed by atoms with van der Waals surface area (Å²) in [7, 11) is 0. The molecule has 0 bridgehead atoms. The summed E-state index contributed by atoms with van der Waals surface area (Å²) in [5, 5.41) is 28.2. The minimum atomic E-state index is -1.30. The lowest BCUT2D eigenvalue weighted by Gasteiger charge is -2.18. The zero-order valence-electron chi connectivity index (χ0n) is 27.4. The highest BCUT2D eigenvalue weighted by atomic mass is 16.5. The van der Waals surface area contributed by atoms with Crippen LogP contribution in [0.1, 0.15) is 40.0 Å². The molecule has 4 aromatic rings. The smallest absolute Gasteiger partial charge is 0.267 e. The van der Waals surface area contributed by atoms with Crippen LogP contribution in [-0.2, 0) is 19.2 Å². The fourth-order valence-corrected chi connectivity index (χ4v) is 4.96. The van der Waals surface area contributed by atoms with Crippen LogP contribution in [0.5, 0.6) is 0 Å². The molecule has 0 unspecified atom stereocenters. The average molecular weight is 695 g/mol. The molecule has 0 aliphatic heterocycles. The standard InChI is InChI=1S/C37H38N6O8/c44-32(38-22-30(36(48)42-50)40-34(46)28-18-14-26(15-19-28)24-8-3-1-4-9-24)12-7-13-33(45)39-23-31(37(49)43-51)41-35(47)29-20-16-27(17-21-29)25-10-5-2-6-11-25/h1-6,8-11,14-21,30-31,50-51H,7,12-13,22-23H2,(H,38,44)(H,39,45)(H,40,46)(H,41,47)(H,42,48)(H,43,49)/t30-,31-/m0/s1. The number of hydrogen-bond donors (Lipinski definition) is 8. The zero-order chi connectivity index (χ0) is 36.6. The molecular formula is C37H38N6O8. The molecule has 0 spiro atoms. The van der Waals surface area contributed by atoms with Crippen LogP contribution in [0.15, 0.2) is 109 Å². The van der Waals surface area contributed by atoms with Crippen molar-refractivity contribution in [3.8, 4) is 22.3 Å². The summed E-state index contributed by atoms with van der Waals surface area (Å²) in [6, 6.07) is 29.9. The first-order valence-electron chi connectivity index (χ1n) is 16.0. The van der Waals surface area contributed by atoms with Gasteiger partial charge in [-0.25, -0.2) is 11.0 Å². The number of hydroxylamine groups is 2. The van der Waals surface area contributed by atoms with Crippen molar-refractivity contribution in [2.45, 2.75) is 31.3 Å². The van der Waals surface area contributed by atoms with E-state index in [1.54, 1.807) is 48.5 Å². The van der Waals surface area contributed by atoms with Crippen LogP contribution >= 0.6 is 0 Å². The van der Waals surface area contributed by atoms with Crippen molar-refractivity contribution in [2.75, 3.05) is 13.1 Å². The highest BCUT2D eigenvalue weighted by Crippen LogP contribution is 2.20. The molecule has 0 aliphatic rings. The summed E-state index contributed by atoms with van der Waals surface area (Å²) in [6.07, 6.45) is -0.149. The predicted octanol–water partition coefficient (Wildman–Crippen LogP) is 2.33. The summed E-state index contributed by atoms with van der Waals surface area (Å²) in [5.74, 6) is -4.13. The third-order valence-corrected chi connectivity index (χ3v) is 7.79. The fourth-order valence-electron chi connectivity index (χ4n) is 4.96. The molecule has 0 aliphatic carbocycles. The number of rotatable bonds is 16. The summed E-state index contributed by atoms with van der Waals surface area (Å²) in [6.45, 7) is -0.671. The van der Waals surface area contributed by atoms with E-state index in [4.69, 9.17) is 10.4 Å². The van der Waals surface area contributed by atoms with E-state index in [0.29, 0.717) is 0 Å². The molecule has 6 amide bonds. The molecule has 8 N–H and O–H groups in total. The zero-order valence-corrected chi connectivity index (χ0v) is 27.4. The molecule has 4 rings (SSSR count). The molecule has 2 atom stereocenters. The molecule has 14 nitrogen and oxygen atoms in total. The van der Waals surface area contributed by atoms with Crippen LogP contribution in [0, 0.1) is 0 Å². The lowest BCUT2D eigenvalue weighted by molar-refractivity contribution is -0.132. The number of nitrogens with one attached hydrogen (secondary N) is 6. The Balaban J connectivity index is 1.19. The van der Waals surface area contributed by atoms with Gasteiger partial charge in [-0.2, -0.15) is 0 Å². The Morgan fingerprint density at radius 3 is 1.14 bits per heavy atom. The third-order valence-electron chi connectivity index (χ3n) is 7.79. The Morgan fingerprint density at radius 2 is 0.804 bits per heavy atom. The van der Waals surface area contributed by atoms with Gasteiger partial charge in [-0.05, 0) is 52.9 Å². The van der Waals surface area contributed by atoms with E-state index in [-0.39, 0.29) is 43.5 Å². The van der Waals surface area contributed by atoms with E-state index >= 15 is 0 Å². The minimum Gasteiger partial charge on any atom is -0.353 e. The maximum absolute atomic E-state index is 12.8. The Labute approximate surface area is 293 Å². The van der Waals surface area contributed by atoms with Crippen LogP contribution in [0.2, 0.25) is 0 Å². The monoisotopic (exact) mass is 694 g/mol. The maximum atomic E-state index is 12.8. The molecule has 0 fully saturated rings. The number of benzene rings is 4. The normalized spacial score (nSPS) is 11.6. The minimum absolute atomic E-state index is 0.0889. The van der Waals surface area contributed by atoms with Gasteiger partial charge in [0.15, 0.2) is 0 Å². The molecule has 0 heterocycles. The lowest BCUT2D eigenvalue weighted by atomic mass is 10.0. The second-order valence-corrected chi connectivity index (χ2v) is 11.4. The molecule has 0 aromatic heterocycles. The summed E-state index contributed by atoms with van der Waals surface area (Å²) >= 11 is 0. The van der Waals surface area contributed by atoms with E-state index in [1.807, 2.05) is 60.7 Å². The molecule has 0 saturated carbocycles. The van der Waals surface area contributed by atoms with E-state index in [2.05, 4.69) is 21.3 Å². The van der Waals surface area contributed by atoms with E-state index in [0.717, 1.165) is 22.3 Å². The first-order valence-corrected chi connectivity index (χ1v) is 16.0. The largest absolute Gasteiger partial charge is 0.353 e. The van der Waals surface area contributed by atoms with Gasteiger partial charge < -0.3 is 21.3 Å². The number of amides is 6. The second kappa shape index (κ2) is 19.0. The van der Waals surface area contributed by atoms with Crippen molar-refractivity contribution in [1.82, 2.24) is 32.2 Å². The summed E-state index contributed by atoms with van der Waals surface area (Å²) in [4.78, 5) is 74.8. The average Bonchev–Trinajstić information content (AvgIpc) is 3.18. The number of carbonyl (C=O) groups excluding carboxylic acids is 6. The Morgan fingerprint density at radius 1 is 0.471 bits per heavy atom. The molecule has 0 radical (unpaired) electrons. The highest BCUT2D eigenvalue weighted by Gasteiger charge is 2.23. The topological polar surface area (TPSA) is 215 Å². The molecular weight excluding hydrogens is 656 g/mol. The van der Waals surface area contributed by atoms with E-state index < -0.39 is 47.5 Å². The lowest BCUT2D eigenvalue weighted by Crippen LogP contribution is -2.52. The Hall–Kier alpha value is -6.38. The van der Waals surface area contributed by atoms with Gasteiger partial charge >= 0.3 is 0 Å². The van der Waals surface area contributed by atoms with Crippen LogP contribution in [-0.4, -0.2) is 71.0 Å². The number of carbonyl (C=O) groups is 6. The fraction of sp³-hybridized carbons (Fsp3) is 0.189. The van der Waals surface area contributed by atoms with Crippen LogP contribution < -0.4 is 32.2 Å². The highest BCUT2D eigenvalue weighted by molar-refractivity contribution is 5.99. The Kier molecular flexibility index (Phi) is 13.9. The van der Waals surface area contributed by atoms with Gasteiger partial charge in [0.25, 0.3) is 23.6 Å². The van der Waals surface area contributed by atoms with Gasteiger partial charge in [-0.3, -0.25) is 39.2 Å². The van der Waals surface area contributed by atoms with Crippen molar-refractivity contribution in [3.63, 3.8) is 0 Å². The molecule has 264 valence electrons. The van der Waals surface area contributed by atoms with Crippen molar-refractivity contribution >= 4 is 35.4 Å². The van der Waals surface area contributed by atoms with Crippen molar-refractivity contribution < 1.29 is 39.2 Å². The van der Waals surface area contributed by atoms with Gasteiger partial charge in [0, 0.05) is 37.1 Å². The van der Waals surface area contributed by atoms with Gasteiger partial charge in [0.05, 0.1) is 0 Å². The van der Waals surface area contributed by atoms with Gasteiger partial charge in [0.2, 0.25) is 11.8 Å². The van der Waals surface area contributed by atoms with Crippen LogP contribution in [0.25, 0.3) is 22.3 Å². The van der Waals surface area contributed by atoms with E-state index in [9.17, 15) is 28.8 Å². The van der Waals surface area contributed by atoms with Crippen molar-refractivity contribution in [1.29, 1.82) is 0 Å². The summed E-state index contributed by atoms with van der Waals surface area (Å²) in [5.41, 5.74) is 7.17. The first-order chi connectivity index (χ1) is 24.7. The number of hydrogen-bond acceptors (Lipinski definition) is 8. The van der Waals surface area contributed by atoms with Crippen molar-refractivity contribution in [3.05, 3.63) is 120 Å². The predicted molar refractivity (Wildman–Crippen MR) is 186 cm³/mol. The molecule has 0 saturated heterocycles. The van der Waals surface area contributed by atoms with Crippen LogP contribution in [0.3, 0.4) is 0 Å². The van der Waals surface area contributed by atoms with Gasteiger partial charge in [0.1, 0.15) is 12.1 Å². The summed E-state index contributed by atoms with van der Waals surface area (Å²) < 4.78 is 0. The molecule has 51 heavy (non-hydrogen) atoms.